The first-order valence-electron chi connectivity index (χ1n) is 9.94. The van der Waals surface area contributed by atoms with Crippen molar-refractivity contribution in [3.05, 3.63) is 83.2 Å². The van der Waals surface area contributed by atoms with Gasteiger partial charge in [-0.2, -0.15) is 0 Å². The first kappa shape index (κ1) is 19.4. The Kier molecular flexibility index (Phi) is 4.79. The highest BCUT2D eigenvalue weighted by molar-refractivity contribution is 6.01. The molecule has 0 spiro atoms. The van der Waals surface area contributed by atoms with Crippen molar-refractivity contribution in [2.24, 2.45) is 0 Å². The summed E-state index contributed by atoms with van der Waals surface area (Å²) in [6.07, 6.45) is 0. The molecule has 2 aliphatic rings. The van der Waals surface area contributed by atoms with Gasteiger partial charge in [-0.3, -0.25) is 4.79 Å². The first-order chi connectivity index (χ1) is 15.6. The van der Waals surface area contributed by atoms with Crippen LogP contribution in [0.1, 0.15) is 0 Å². The smallest absolute Gasteiger partial charge is 0.323 e. The van der Waals surface area contributed by atoms with Gasteiger partial charge in [-0.05, 0) is 36.4 Å². The number of para-hydroxylation sites is 2. The van der Waals surface area contributed by atoms with Crippen LogP contribution < -0.4 is 20.9 Å². The molecule has 8 nitrogen and oxygen atoms in total. The third-order valence-corrected chi connectivity index (χ3v) is 5.11. The number of fused-ring (bicyclic) bond motifs is 2. The number of ether oxygens (including phenoxy) is 1. The van der Waals surface area contributed by atoms with Crippen molar-refractivity contribution in [2.45, 2.75) is 0 Å². The zero-order chi connectivity index (χ0) is 22.1. The van der Waals surface area contributed by atoms with Gasteiger partial charge in [0.05, 0.1) is 29.4 Å². The lowest BCUT2D eigenvalue weighted by molar-refractivity contribution is 0.262. The van der Waals surface area contributed by atoms with Gasteiger partial charge >= 0.3 is 6.03 Å². The predicted molar refractivity (Wildman–Crippen MR) is 124 cm³/mol. The van der Waals surface area contributed by atoms with Crippen molar-refractivity contribution in [3.63, 3.8) is 0 Å². The van der Waals surface area contributed by atoms with E-state index in [1.807, 2.05) is 42.5 Å². The number of carbonyl (C=O) groups excluding carboxylic acids is 1. The fourth-order valence-electron chi connectivity index (χ4n) is 3.65. The summed E-state index contributed by atoms with van der Waals surface area (Å²) >= 11 is 0. The van der Waals surface area contributed by atoms with Gasteiger partial charge in [-0.25, -0.2) is 9.78 Å². The number of urea groups is 1. The summed E-state index contributed by atoms with van der Waals surface area (Å²) in [5.41, 5.74) is 4.32. The molecule has 0 saturated carbocycles. The molecule has 2 heterocycles. The van der Waals surface area contributed by atoms with Gasteiger partial charge in [-0.1, -0.05) is 36.4 Å². The van der Waals surface area contributed by atoms with E-state index in [4.69, 9.17) is 4.74 Å². The maximum Gasteiger partial charge on any atom is 0.323 e. The molecule has 1 aliphatic heterocycles. The number of imidazole rings is 1. The Hall–Kier alpha value is -4.59. The number of hydrogen-bond acceptors (Lipinski definition) is 4. The van der Waals surface area contributed by atoms with Gasteiger partial charge < -0.3 is 25.3 Å². The number of aromatic nitrogens is 3. The van der Waals surface area contributed by atoms with Gasteiger partial charge in [0.15, 0.2) is 0 Å². The Bertz CT molecular complexity index is 1470. The molecule has 1 aromatic heterocycles. The molecule has 2 aromatic carbocycles. The molecule has 4 N–H and O–H groups in total. The number of rotatable bonds is 4. The minimum atomic E-state index is -0.403. The Morgan fingerprint density at radius 1 is 0.938 bits per heavy atom. The molecule has 0 saturated heterocycles. The normalized spacial score (nSPS) is 10.9. The molecule has 0 fully saturated rings. The molecule has 0 unspecified atom stereocenters. The van der Waals surface area contributed by atoms with Gasteiger partial charge in [0.2, 0.25) is 0 Å². The van der Waals surface area contributed by atoms with Crippen LogP contribution in [0.3, 0.4) is 0 Å². The summed E-state index contributed by atoms with van der Waals surface area (Å²) < 4.78 is 5.25. The standard InChI is InChI=1S/C24H19N5O3/c1-32-20-10-6-5-9-18(20)29-24(31)25-14-11-12-17-19(13-14)27-22(26-17)21-15-7-3-2-4-8-16(15)28-23(21)30/h2-13H,1H3,(H,26,27)(H,28,30)(H2,25,29,31). The van der Waals surface area contributed by atoms with E-state index in [1.165, 1.54) is 0 Å². The van der Waals surface area contributed by atoms with Gasteiger partial charge in [-0.15, -0.1) is 0 Å². The Morgan fingerprint density at radius 2 is 1.75 bits per heavy atom. The maximum atomic E-state index is 12.6. The Labute approximate surface area is 182 Å². The number of benzene rings is 2. The van der Waals surface area contributed by atoms with Crippen LogP contribution in [-0.2, 0) is 0 Å². The average molecular weight is 425 g/mol. The SMILES string of the molecule is COc1ccccc1NC(=O)Nc1ccc2nc(-c3c4cccccc-4[nH]c3=O)[nH]c2c1. The number of methoxy groups -OCH3 is 1. The number of amides is 2. The highest BCUT2D eigenvalue weighted by atomic mass is 16.5. The third-order valence-electron chi connectivity index (χ3n) is 5.11. The van der Waals surface area contributed by atoms with Crippen molar-refractivity contribution >= 4 is 28.4 Å². The molecule has 0 radical (unpaired) electrons. The molecule has 158 valence electrons. The van der Waals surface area contributed by atoms with E-state index in [1.54, 1.807) is 37.4 Å². The molecule has 32 heavy (non-hydrogen) atoms. The van der Waals surface area contributed by atoms with E-state index >= 15 is 0 Å². The highest BCUT2D eigenvalue weighted by Gasteiger charge is 2.19. The number of anilines is 2. The fraction of sp³-hybridized carbons (Fsp3) is 0.0417. The Balaban J connectivity index is 1.43. The van der Waals surface area contributed by atoms with E-state index in [0.717, 1.165) is 11.3 Å². The van der Waals surface area contributed by atoms with Crippen molar-refractivity contribution in [2.75, 3.05) is 17.7 Å². The summed E-state index contributed by atoms with van der Waals surface area (Å²) in [5, 5.41) is 5.57. The van der Waals surface area contributed by atoms with Crippen LogP contribution in [0.25, 0.3) is 33.7 Å². The van der Waals surface area contributed by atoms with Crippen molar-refractivity contribution < 1.29 is 9.53 Å². The lowest BCUT2D eigenvalue weighted by Crippen LogP contribution is -2.19. The number of nitrogens with zero attached hydrogens (tertiary/aromatic N) is 1. The molecular weight excluding hydrogens is 406 g/mol. The van der Waals surface area contributed by atoms with Crippen LogP contribution in [-0.4, -0.2) is 28.1 Å². The zero-order valence-corrected chi connectivity index (χ0v) is 17.1. The summed E-state index contributed by atoms with van der Waals surface area (Å²) in [4.78, 5) is 35.7. The molecule has 1 aliphatic carbocycles. The molecule has 2 amide bonds. The van der Waals surface area contributed by atoms with E-state index in [0.29, 0.717) is 39.5 Å². The minimum Gasteiger partial charge on any atom is -0.495 e. The molecule has 0 atom stereocenters. The Morgan fingerprint density at radius 3 is 2.62 bits per heavy atom. The number of aromatic amines is 2. The van der Waals surface area contributed by atoms with Crippen LogP contribution in [0.4, 0.5) is 16.2 Å². The molecule has 8 heteroatoms. The van der Waals surface area contributed by atoms with Gasteiger partial charge in [0.1, 0.15) is 11.6 Å². The molecular formula is C24H19N5O3. The van der Waals surface area contributed by atoms with Crippen LogP contribution >= 0.6 is 0 Å². The van der Waals surface area contributed by atoms with E-state index < -0.39 is 6.03 Å². The van der Waals surface area contributed by atoms with Crippen LogP contribution in [0.5, 0.6) is 5.75 Å². The number of nitrogens with one attached hydrogen (secondary N) is 4. The van der Waals surface area contributed by atoms with Crippen LogP contribution in [0.2, 0.25) is 0 Å². The van der Waals surface area contributed by atoms with E-state index in [9.17, 15) is 9.59 Å². The summed E-state index contributed by atoms with van der Waals surface area (Å²) in [6, 6.07) is 21.4. The van der Waals surface area contributed by atoms with Crippen LogP contribution in [0, 0.1) is 0 Å². The summed E-state index contributed by atoms with van der Waals surface area (Å²) in [7, 11) is 1.54. The largest absolute Gasteiger partial charge is 0.495 e. The summed E-state index contributed by atoms with van der Waals surface area (Å²) in [6.45, 7) is 0. The molecule has 3 aromatic rings. The highest BCUT2D eigenvalue weighted by Crippen LogP contribution is 2.30. The quantitative estimate of drug-likeness (QED) is 0.335. The second-order valence-electron chi connectivity index (χ2n) is 7.16. The third kappa shape index (κ3) is 3.54. The fourth-order valence-corrected chi connectivity index (χ4v) is 3.65. The lowest BCUT2D eigenvalue weighted by atomic mass is 10.1. The monoisotopic (exact) mass is 425 g/mol. The maximum absolute atomic E-state index is 12.6. The van der Waals surface area contributed by atoms with Crippen molar-refractivity contribution in [1.82, 2.24) is 15.0 Å². The molecule has 5 rings (SSSR count). The lowest BCUT2D eigenvalue weighted by Gasteiger charge is -2.10. The van der Waals surface area contributed by atoms with Gasteiger partial charge in [0.25, 0.3) is 5.56 Å². The number of carbonyl (C=O) groups is 1. The summed E-state index contributed by atoms with van der Waals surface area (Å²) in [5.74, 6) is 1.04. The first-order valence-corrected chi connectivity index (χ1v) is 9.94. The van der Waals surface area contributed by atoms with Crippen molar-refractivity contribution in [3.8, 4) is 28.4 Å². The minimum absolute atomic E-state index is 0.209. The second kappa shape index (κ2) is 7.92. The van der Waals surface area contributed by atoms with E-state index in [2.05, 4.69) is 25.6 Å². The van der Waals surface area contributed by atoms with Crippen LogP contribution in [0.15, 0.2) is 77.6 Å². The topological polar surface area (TPSA) is 112 Å². The van der Waals surface area contributed by atoms with Crippen molar-refractivity contribution in [1.29, 1.82) is 0 Å². The average Bonchev–Trinajstić information content (AvgIpc) is 3.25. The second-order valence-corrected chi connectivity index (χ2v) is 7.16. The van der Waals surface area contributed by atoms with E-state index in [-0.39, 0.29) is 5.56 Å². The molecule has 0 bridgehead atoms. The van der Waals surface area contributed by atoms with Gasteiger partial charge in [0, 0.05) is 16.9 Å². The number of H-pyrrole nitrogens is 2. The zero-order valence-electron chi connectivity index (χ0n) is 17.1. The predicted octanol–water partition coefficient (Wildman–Crippen LogP) is 4.68. The number of hydrogen-bond donors (Lipinski definition) is 4.